The molecule has 2 aromatic rings. The summed E-state index contributed by atoms with van der Waals surface area (Å²) in [5.41, 5.74) is 0.837. The van der Waals surface area contributed by atoms with Crippen molar-refractivity contribution < 1.29 is 4.42 Å². The van der Waals surface area contributed by atoms with Crippen LogP contribution in [0.15, 0.2) is 28.7 Å². The molecule has 1 aliphatic rings. The van der Waals surface area contributed by atoms with Gasteiger partial charge in [-0.15, -0.1) is 0 Å². The Kier molecular flexibility index (Phi) is 4.32. The van der Waals surface area contributed by atoms with Crippen LogP contribution >= 0.6 is 11.6 Å². The molecular weight excluding hydrogens is 270 g/mol. The number of hydrogen-bond donors (Lipinski definition) is 1. The molecule has 20 heavy (non-hydrogen) atoms. The minimum Gasteiger partial charge on any atom is -0.459 e. The predicted octanol–water partition coefficient (Wildman–Crippen LogP) is 5.11. The molecule has 1 heterocycles. The zero-order chi connectivity index (χ0) is 13.9. The van der Waals surface area contributed by atoms with E-state index >= 15 is 0 Å². The first-order chi connectivity index (χ1) is 9.79. The smallest absolute Gasteiger partial charge is 0.152 e. The molecular formula is C17H22ClNO. The highest BCUT2D eigenvalue weighted by Gasteiger charge is 2.28. The molecule has 1 saturated carbocycles. The molecule has 1 aliphatic carbocycles. The molecule has 0 radical (unpaired) electrons. The van der Waals surface area contributed by atoms with E-state index in [9.17, 15) is 0 Å². The third kappa shape index (κ3) is 2.72. The summed E-state index contributed by atoms with van der Waals surface area (Å²) in [5.74, 6) is 1.58. The van der Waals surface area contributed by atoms with Gasteiger partial charge in [0.15, 0.2) is 5.58 Å². The van der Waals surface area contributed by atoms with Gasteiger partial charge in [-0.1, -0.05) is 43.5 Å². The van der Waals surface area contributed by atoms with Gasteiger partial charge in [0, 0.05) is 17.3 Å². The highest BCUT2D eigenvalue weighted by atomic mass is 35.5. The average molecular weight is 292 g/mol. The van der Waals surface area contributed by atoms with E-state index in [1.54, 1.807) is 0 Å². The summed E-state index contributed by atoms with van der Waals surface area (Å²) in [6.45, 7) is 3.30. The topological polar surface area (TPSA) is 25.2 Å². The van der Waals surface area contributed by atoms with Crippen molar-refractivity contribution in [2.45, 2.75) is 51.0 Å². The first-order valence-electron chi connectivity index (χ1n) is 7.71. The van der Waals surface area contributed by atoms with Gasteiger partial charge >= 0.3 is 0 Å². The molecule has 3 heteroatoms. The van der Waals surface area contributed by atoms with Crippen molar-refractivity contribution in [1.82, 2.24) is 5.32 Å². The maximum absolute atomic E-state index is 6.22. The van der Waals surface area contributed by atoms with Crippen LogP contribution < -0.4 is 5.32 Å². The van der Waals surface area contributed by atoms with Gasteiger partial charge in [-0.3, -0.25) is 0 Å². The second kappa shape index (κ2) is 6.19. The molecule has 1 aromatic heterocycles. The fraction of sp³-hybridized carbons (Fsp3) is 0.529. The Morgan fingerprint density at radius 1 is 1.30 bits per heavy atom. The third-order valence-electron chi connectivity index (χ3n) is 4.30. The summed E-state index contributed by atoms with van der Waals surface area (Å²) >= 11 is 6.22. The fourth-order valence-corrected chi connectivity index (χ4v) is 3.50. The van der Waals surface area contributed by atoms with E-state index in [0.29, 0.717) is 17.0 Å². The van der Waals surface area contributed by atoms with Gasteiger partial charge in [-0.25, -0.2) is 0 Å². The molecule has 0 amide bonds. The van der Waals surface area contributed by atoms with Crippen molar-refractivity contribution in [3.05, 3.63) is 35.0 Å². The Balaban J connectivity index is 1.89. The zero-order valence-corrected chi connectivity index (χ0v) is 12.7. The van der Waals surface area contributed by atoms with Crippen molar-refractivity contribution in [3.8, 4) is 0 Å². The number of fused-ring (bicyclic) bond motifs is 1. The lowest BCUT2D eigenvalue weighted by molar-refractivity contribution is 0.297. The second-order valence-corrected chi connectivity index (χ2v) is 6.17. The minimum absolute atomic E-state index is 0.485. The molecule has 2 atom stereocenters. The van der Waals surface area contributed by atoms with Gasteiger partial charge in [-0.2, -0.15) is 0 Å². The van der Waals surface area contributed by atoms with Crippen molar-refractivity contribution in [2.75, 3.05) is 6.54 Å². The number of benzene rings is 1. The Bertz CT molecular complexity index is 577. The van der Waals surface area contributed by atoms with Crippen LogP contribution in [-0.2, 0) is 0 Å². The molecule has 0 spiro atoms. The van der Waals surface area contributed by atoms with Crippen molar-refractivity contribution in [3.63, 3.8) is 0 Å². The number of nitrogens with one attached hydrogen (secondary N) is 1. The van der Waals surface area contributed by atoms with Gasteiger partial charge in [0.25, 0.3) is 0 Å². The number of furan rings is 1. The lowest BCUT2D eigenvalue weighted by Gasteiger charge is -2.31. The minimum atomic E-state index is 0.485. The quantitative estimate of drug-likeness (QED) is 0.846. The standard InChI is InChI=1S/C17H22ClNO/c1-2-10-19-15-9-4-3-7-13(15)16-11-12-6-5-8-14(18)17(12)20-16/h5-6,8,11,13,15,19H,2-4,7,9-10H2,1H3. The van der Waals surface area contributed by atoms with E-state index in [-0.39, 0.29) is 0 Å². The Morgan fingerprint density at radius 3 is 2.95 bits per heavy atom. The van der Waals surface area contributed by atoms with Gasteiger partial charge in [0.2, 0.25) is 0 Å². The van der Waals surface area contributed by atoms with Crippen LogP contribution in [0.3, 0.4) is 0 Å². The van der Waals surface area contributed by atoms with Crippen LogP contribution in [0.1, 0.15) is 50.7 Å². The predicted molar refractivity (Wildman–Crippen MR) is 84.5 cm³/mol. The van der Waals surface area contributed by atoms with E-state index < -0.39 is 0 Å². The molecule has 2 nitrogen and oxygen atoms in total. The van der Waals surface area contributed by atoms with Gasteiger partial charge in [-0.05, 0) is 37.9 Å². The molecule has 0 aliphatic heterocycles. The molecule has 1 N–H and O–H groups in total. The summed E-state index contributed by atoms with van der Waals surface area (Å²) in [6, 6.07) is 8.68. The first-order valence-corrected chi connectivity index (χ1v) is 8.08. The highest BCUT2D eigenvalue weighted by molar-refractivity contribution is 6.34. The van der Waals surface area contributed by atoms with Crippen molar-refractivity contribution in [2.24, 2.45) is 0 Å². The summed E-state index contributed by atoms with van der Waals surface area (Å²) in [4.78, 5) is 0. The molecule has 1 aromatic carbocycles. The lowest BCUT2D eigenvalue weighted by Crippen LogP contribution is -2.37. The summed E-state index contributed by atoms with van der Waals surface area (Å²) < 4.78 is 6.08. The van der Waals surface area contributed by atoms with Gasteiger partial charge in [0.05, 0.1) is 5.02 Å². The summed E-state index contributed by atoms with van der Waals surface area (Å²) in [5, 5.41) is 5.51. The second-order valence-electron chi connectivity index (χ2n) is 5.76. The molecule has 0 saturated heterocycles. The Hall–Kier alpha value is -0.990. The average Bonchev–Trinajstić information content (AvgIpc) is 2.91. The Morgan fingerprint density at radius 2 is 2.15 bits per heavy atom. The fourth-order valence-electron chi connectivity index (χ4n) is 3.28. The number of para-hydroxylation sites is 1. The van der Waals surface area contributed by atoms with Crippen LogP contribution in [0.4, 0.5) is 0 Å². The lowest BCUT2D eigenvalue weighted by atomic mass is 9.83. The number of hydrogen-bond acceptors (Lipinski definition) is 2. The Labute approximate surface area is 125 Å². The maximum Gasteiger partial charge on any atom is 0.152 e. The van der Waals surface area contributed by atoms with Crippen molar-refractivity contribution in [1.29, 1.82) is 0 Å². The van der Waals surface area contributed by atoms with Crippen LogP contribution in [0.25, 0.3) is 11.0 Å². The van der Waals surface area contributed by atoms with Gasteiger partial charge in [0.1, 0.15) is 5.76 Å². The van der Waals surface area contributed by atoms with Crippen molar-refractivity contribution >= 4 is 22.6 Å². The highest BCUT2D eigenvalue weighted by Crippen LogP contribution is 2.37. The molecule has 108 valence electrons. The number of rotatable bonds is 4. The third-order valence-corrected chi connectivity index (χ3v) is 4.60. The van der Waals surface area contributed by atoms with Gasteiger partial charge < -0.3 is 9.73 Å². The zero-order valence-electron chi connectivity index (χ0n) is 12.0. The van der Waals surface area contributed by atoms with Crippen LogP contribution in [-0.4, -0.2) is 12.6 Å². The number of halogens is 1. The molecule has 1 fully saturated rings. The van der Waals surface area contributed by atoms with Crippen LogP contribution in [0.2, 0.25) is 5.02 Å². The monoisotopic (exact) mass is 291 g/mol. The van der Waals surface area contributed by atoms with Crippen LogP contribution in [0.5, 0.6) is 0 Å². The van der Waals surface area contributed by atoms with E-state index in [1.807, 2.05) is 12.1 Å². The maximum atomic E-state index is 6.22. The molecule has 0 bridgehead atoms. The van der Waals surface area contributed by atoms with E-state index in [1.165, 1.54) is 32.1 Å². The first kappa shape index (κ1) is 14.0. The largest absolute Gasteiger partial charge is 0.459 e. The summed E-state index contributed by atoms with van der Waals surface area (Å²) in [6.07, 6.45) is 6.24. The van der Waals surface area contributed by atoms with Crippen LogP contribution in [0, 0.1) is 0 Å². The summed E-state index contributed by atoms with van der Waals surface area (Å²) in [7, 11) is 0. The molecule has 3 rings (SSSR count). The molecule has 2 unspecified atom stereocenters. The SMILES string of the molecule is CCCNC1CCCCC1c1cc2cccc(Cl)c2o1. The van der Waals surface area contributed by atoms with E-state index in [0.717, 1.165) is 23.3 Å². The normalized spacial score (nSPS) is 23.3. The van der Waals surface area contributed by atoms with E-state index in [2.05, 4.69) is 24.4 Å². The van der Waals surface area contributed by atoms with E-state index in [4.69, 9.17) is 16.0 Å².